The third-order valence-corrected chi connectivity index (χ3v) is 6.14. The summed E-state index contributed by atoms with van der Waals surface area (Å²) in [6, 6.07) is 18.8. The molecule has 0 bridgehead atoms. The summed E-state index contributed by atoms with van der Waals surface area (Å²) in [5.41, 5.74) is 3.59. The summed E-state index contributed by atoms with van der Waals surface area (Å²) in [6.07, 6.45) is 0. The zero-order chi connectivity index (χ0) is 25.3. The van der Waals surface area contributed by atoms with Crippen LogP contribution in [0.3, 0.4) is 0 Å². The molecule has 1 N–H and O–H groups in total. The van der Waals surface area contributed by atoms with Gasteiger partial charge >= 0.3 is 0 Å². The Morgan fingerprint density at radius 1 is 0.886 bits per heavy atom. The van der Waals surface area contributed by atoms with Gasteiger partial charge in [0.2, 0.25) is 0 Å². The second-order valence-corrected chi connectivity index (χ2v) is 8.56. The number of carbonyl (C=O) groups excluding carboxylic acids is 2. The number of ether oxygens (including phenoxy) is 2. The van der Waals surface area contributed by atoms with E-state index >= 15 is 0 Å². The molecule has 1 fully saturated rings. The minimum absolute atomic E-state index is 0.0164. The van der Waals surface area contributed by atoms with Crippen LogP contribution in [0.2, 0.25) is 0 Å². The minimum atomic E-state index is -0.860. The Morgan fingerprint density at radius 2 is 1.51 bits per heavy atom. The van der Waals surface area contributed by atoms with Crippen molar-refractivity contribution in [1.82, 2.24) is 0 Å². The molecule has 1 aliphatic heterocycles. The maximum atomic E-state index is 13.4. The molecule has 0 saturated carbocycles. The normalized spacial score (nSPS) is 16.9. The number of nitrogens with zero attached hydrogens (tertiary/aromatic N) is 2. The van der Waals surface area contributed by atoms with E-state index in [1.807, 2.05) is 50.2 Å². The van der Waals surface area contributed by atoms with Gasteiger partial charge in [-0.15, -0.1) is 0 Å². The predicted molar refractivity (Wildman–Crippen MR) is 136 cm³/mol. The van der Waals surface area contributed by atoms with E-state index in [-0.39, 0.29) is 11.3 Å². The Balaban J connectivity index is 1.93. The van der Waals surface area contributed by atoms with Gasteiger partial charge in [0.25, 0.3) is 11.7 Å². The molecule has 180 valence electrons. The highest BCUT2D eigenvalue weighted by Crippen LogP contribution is 2.44. The monoisotopic (exact) mass is 472 g/mol. The number of Topliss-reactive ketones (excluding diaryl/α,β-unsaturated/α-hetero) is 1. The molecule has 35 heavy (non-hydrogen) atoms. The van der Waals surface area contributed by atoms with Crippen LogP contribution in [0.25, 0.3) is 5.76 Å². The van der Waals surface area contributed by atoms with Gasteiger partial charge in [0, 0.05) is 31.0 Å². The summed E-state index contributed by atoms with van der Waals surface area (Å²) >= 11 is 0. The minimum Gasteiger partial charge on any atom is -0.507 e. The topological polar surface area (TPSA) is 79.3 Å². The molecule has 1 atom stereocenters. The first-order valence-corrected chi connectivity index (χ1v) is 11.1. The molecule has 7 nitrogen and oxygen atoms in total. The largest absolute Gasteiger partial charge is 0.507 e. The zero-order valence-electron chi connectivity index (χ0n) is 20.4. The van der Waals surface area contributed by atoms with Gasteiger partial charge in [-0.1, -0.05) is 35.9 Å². The van der Waals surface area contributed by atoms with Crippen molar-refractivity contribution in [2.24, 2.45) is 0 Å². The maximum Gasteiger partial charge on any atom is 0.300 e. The van der Waals surface area contributed by atoms with E-state index < -0.39 is 17.7 Å². The lowest BCUT2D eigenvalue weighted by molar-refractivity contribution is -0.132. The van der Waals surface area contributed by atoms with Crippen molar-refractivity contribution in [2.45, 2.75) is 13.0 Å². The van der Waals surface area contributed by atoms with E-state index in [1.165, 1.54) is 19.1 Å². The highest BCUT2D eigenvalue weighted by Gasteiger charge is 2.47. The zero-order valence-corrected chi connectivity index (χ0v) is 20.4. The molecular formula is C28H28N2O5. The molecule has 0 aromatic heterocycles. The van der Waals surface area contributed by atoms with E-state index in [0.29, 0.717) is 28.3 Å². The lowest BCUT2D eigenvalue weighted by Crippen LogP contribution is -2.29. The number of aryl methyl sites for hydroxylation is 1. The molecule has 7 heteroatoms. The molecule has 3 aromatic rings. The molecule has 1 aliphatic rings. The van der Waals surface area contributed by atoms with Crippen LogP contribution in [0, 0.1) is 6.92 Å². The SMILES string of the molecule is COc1ccc(C2/C(=C(/O)c3ccc(C)cc3)C(=O)C(=O)N2c2ccc(N(C)C)cc2)cc1OC. The number of methoxy groups -OCH3 is 2. The lowest BCUT2D eigenvalue weighted by atomic mass is 9.94. The van der Waals surface area contributed by atoms with Crippen LogP contribution in [0.5, 0.6) is 11.5 Å². The number of anilines is 2. The summed E-state index contributed by atoms with van der Waals surface area (Å²) in [5.74, 6) is -0.720. The Kier molecular flexibility index (Phi) is 6.51. The van der Waals surface area contributed by atoms with Gasteiger partial charge < -0.3 is 19.5 Å². The number of aliphatic hydroxyl groups is 1. The van der Waals surface area contributed by atoms with Gasteiger partial charge in [-0.2, -0.15) is 0 Å². The van der Waals surface area contributed by atoms with Crippen LogP contribution in [-0.2, 0) is 9.59 Å². The number of benzene rings is 3. The molecule has 1 unspecified atom stereocenters. The van der Waals surface area contributed by atoms with E-state index in [1.54, 1.807) is 42.5 Å². The smallest absolute Gasteiger partial charge is 0.300 e. The van der Waals surface area contributed by atoms with Gasteiger partial charge in [0.05, 0.1) is 25.8 Å². The van der Waals surface area contributed by atoms with Gasteiger partial charge in [-0.05, 0) is 48.9 Å². The number of aliphatic hydroxyl groups excluding tert-OH is 1. The van der Waals surface area contributed by atoms with E-state index in [2.05, 4.69) is 0 Å². The Morgan fingerprint density at radius 3 is 2.09 bits per heavy atom. The van der Waals surface area contributed by atoms with Crippen LogP contribution in [0.4, 0.5) is 11.4 Å². The molecule has 0 aliphatic carbocycles. The highest BCUT2D eigenvalue weighted by atomic mass is 16.5. The van der Waals surface area contributed by atoms with Crippen LogP contribution in [0.1, 0.15) is 22.7 Å². The fourth-order valence-electron chi connectivity index (χ4n) is 4.22. The molecule has 1 amide bonds. The third-order valence-electron chi connectivity index (χ3n) is 6.14. The van der Waals surface area contributed by atoms with Crippen molar-refractivity contribution in [3.8, 4) is 11.5 Å². The molecule has 1 saturated heterocycles. The quantitative estimate of drug-likeness (QED) is 0.318. The van der Waals surface area contributed by atoms with Crippen molar-refractivity contribution in [1.29, 1.82) is 0 Å². The summed E-state index contributed by atoms with van der Waals surface area (Å²) in [7, 11) is 6.90. The number of ketones is 1. The third kappa shape index (κ3) is 4.33. The summed E-state index contributed by atoms with van der Waals surface area (Å²) < 4.78 is 10.8. The van der Waals surface area contributed by atoms with Crippen LogP contribution in [-0.4, -0.2) is 45.1 Å². The first kappa shape index (κ1) is 23.9. The van der Waals surface area contributed by atoms with Gasteiger partial charge in [-0.25, -0.2) is 0 Å². The first-order chi connectivity index (χ1) is 16.8. The van der Waals surface area contributed by atoms with Crippen molar-refractivity contribution < 1.29 is 24.2 Å². The fourth-order valence-corrected chi connectivity index (χ4v) is 4.22. The van der Waals surface area contributed by atoms with Crippen molar-refractivity contribution >= 4 is 28.8 Å². The Labute approximate surface area is 204 Å². The van der Waals surface area contributed by atoms with E-state index in [4.69, 9.17) is 9.47 Å². The van der Waals surface area contributed by atoms with Gasteiger partial charge in [0.1, 0.15) is 5.76 Å². The van der Waals surface area contributed by atoms with Crippen LogP contribution in [0.15, 0.2) is 72.3 Å². The molecule has 0 spiro atoms. The average molecular weight is 473 g/mol. The van der Waals surface area contributed by atoms with Gasteiger partial charge in [-0.3, -0.25) is 14.5 Å². The van der Waals surface area contributed by atoms with E-state index in [0.717, 1.165) is 11.3 Å². The van der Waals surface area contributed by atoms with E-state index in [9.17, 15) is 14.7 Å². The number of amides is 1. The number of carbonyl (C=O) groups is 2. The fraction of sp³-hybridized carbons (Fsp3) is 0.214. The van der Waals surface area contributed by atoms with Crippen molar-refractivity contribution in [2.75, 3.05) is 38.1 Å². The lowest BCUT2D eigenvalue weighted by Gasteiger charge is -2.26. The van der Waals surface area contributed by atoms with Crippen molar-refractivity contribution in [3.05, 3.63) is 89.0 Å². The molecule has 1 heterocycles. The second kappa shape index (κ2) is 9.54. The summed E-state index contributed by atoms with van der Waals surface area (Å²) in [6.45, 7) is 1.93. The van der Waals surface area contributed by atoms with Crippen LogP contribution >= 0.6 is 0 Å². The number of rotatable bonds is 6. The predicted octanol–water partition coefficient (Wildman–Crippen LogP) is 4.70. The first-order valence-electron chi connectivity index (χ1n) is 11.1. The van der Waals surface area contributed by atoms with Crippen LogP contribution < -0.4 is 19.3 Å². The van der Waals surface area contributed by atoms with Gasteiger partial charge in [0.15, 0.2) is 11.5 Å². The number of hydrogen-bond donors (Lipinski definition) is 1. The maximum absolute atomic E-state index is 13.4. The molecular weight excluding hydrogens is 444 g/mol. The molecule has 3 aromatic carbocycles. The Hall–Kier alpha value is -4.26. The summed E-state index contributed by atoms with van der Waals surface area (Å²) in [4.78, 5) is 30.0. The second-order valence-electron chi connectivity index (χ2n) is 8.56. The van der Waals surface area contributed by atoms with Crippen molar-refractivity contribution in [3.63, 3.8) is 0 Å². The highest BCUT2D eigenvalue weighted by molar-refractivity contribution is 6.51. The number of hydrogen-bond acceptors (Lipinski definition) is 6. The summed E-state index contributed by atoms with van der Waals surface area (Å²) in [5, 5.41) is 11.3. The standard InChI is InChI=1S/C28H28N2O5/c1-17-6-8-18(9-7-17)26(31)24-25(19-10-15-22(34-4)23(16-19)35-5)30(28(33)27(24)32)21-13-11-20(12-14-21)29(2)3/h6-16,25,31H,1-5H3/b26-24-. The molecule has 4 rings (SSSR count). The molecule has 0 radical (unpaired) electrons. The average Bonchev–Trinajstić information content (AvgIpc) is 3.13. The Bertz CT molecular complexity index is 1290.